The monoisotopic (exact) mass is 254 g/mol. The van der Waals surface area contributed by atoms with Crippen molar-refractivity contribution in [3.63, 3.8) is 0 Å². The van der Waals surface area contributed by atoms with Crippen LogP contribution >= 0.6 is 0 Å². The Hall–Kier alpha value is -1.06. The summed E-state index contributed by atoms with van der Waals surface area (Å²) in [6.45, 7) is 11.6. The first-order chi connectivity index (χ1) is 8.26. The molecule has 0 bridgehead atoms. The van der Waals surface area contributed by atoms with Gasteiger partial charge in [-0.3, -0.25) is 9.59 Å². The van der Waals surface area contributed by atoms with Crippen molar-refractivity contribution in [1.82, 2.24) is 10.2 Å². The summed E-state index contributed by atoms with van der Waals surface area (Å²) in [6, 6.07) is 0.0828. The predicted molar refractivity (Wildman–Crippen MR) is 72.1 cm³/mol. The molecule has 0 aromatic rings. The van der Waals surface area contributed by atoms with Crippen LogP contribution in [-0.2, 0) is 9.59 Å². The van der Waals surface area contributed by atoms with Crippen LogP contribution in [0, 0.1) is 0 Å². The van der Waals surface area contributed by atoms with E-state index >= 15 is 0 Å². The lowest BCUT2D eigenvalue weighted by atomic mass is 9.82. The summed E-state index contributed by atoms with van der Waals surface area (Å²) in [7, 11) is 0. The highest BCUT2D eigenvalue weighted by Crippen LogP contribution is 2.32. The van der Waals surface area contributed by atoms with Crippen LogP contribution in [0.2, 0.25) is 0 Å². The highest BCUT2D eigenvalue weighted by Gasteiger charge is 2.53. The fourth-order valence-corrected chi connectivity index (χ4v) is 2.48. The first kappa shape index (κ1) is 15.0. The van der Waals surface area contributed by atoms with E-state index in [9.17, 15) is 9.59 Å². The Labute approximate surface area is 110 Å². The molecule has 4 nitrogen and oxygen atoms in total. The maximum Gasteiger partial charge on any atom is 0.249 e. The smallest absolute Gasteiger partial charge is 0.249 e. The van der Waals surface area contributed by atoms with Crippen molar-refractivity contribution in [2.45, 2.75) is 77.9 Å². The molecule has 4 heteroatoms. The molecule has 1 aliphatic heterocycles. The molecule has 1 rings (SSSR count). The van der Waals surface area contributed by atoms with E-state index < -0.39 is 11.1 Å². The van der Waals surface area contributed by atoms with Crippen molar-refractivity contribution in [3.05, 3.63) is 0 Å². The first-order valence-corrected chi connectivity index (χ1v) is 6.93. The average Bonchev–Trinajstić information content (AvgIpc) is 2.36. The predicted octanol–water partition coefficient (Wildman–Crippen LogP) is 2.08. The van der Waals surface area contributed by atoms with Gasteiger partial charge in [0, 0.05) is 6.04 Å². The summed E-state index contributed by atoms with van der Waals surface area (Å²) in [5.74, 6) is 0.0116. The van der Waals surface area contributed by atoms with Gasteiger partial charge in [0.05, 0.1) is 0 Å². The van der Waals surface area contributed by atoms with Crippen molar-refractivity contribution in [2.24, 2.45) is 0 Å². The van der Waals surface area contributed by atoms with E-state index in [-0.39, 0.29) is 17.9 Å². The Bertz CT molecular complexity index is 356. The molecule has 3 unspecified atom stereocenters. The van der Waals surface area contributed by atoms with Crippen LogP contribution < -0.4 is 5.32 Å². The van der Waals surface area contributed by atoms with Crippen LogP contribution in [0.4, 0.5) is 0 Å². The van der Waals surface area contributed by atoms with Crippen LogP contribution in [0.3, 0.4) is 0 Å². The summed E-state index contributed by atoms with van der Waals surface area (Å²) in [5, 5.41) is 2.91. The van der Waals surface area contributed by atoms with E-state index in [1.807, 2.05) is 41.5 Å². The number of amides is 2. The van der Waals surface area contributed by atoms with Crippen molar-refractivity contribution < 1.29 is 9.59 Å². The number of nitrogens with zero attached hydrogens (tertiary/aromatic N) is 1. The normalized spacial score (nSPS) is 34.4. The topological polar surface area (TPSA) is 49.4 Å². The zero-order valence-corrected chi connectivity index (χ0v) is 12.5. The highest BCUT2D eigenvalue weighted by molar-refractivity contribution is 6.02. The van der Waals surface area contributed by atoms with Gasteiger partial charge < -0.3 is 10.2 Å². The largest absolute Gasteiger partial charge is 0.340 e. The maximum atomic E-state index is 12.7. The molecule has 1 fully saturated rings. The minimum absolute atomic E-state index is 0.0331. The van der Waals surface area contributed by atoms with Gasteiger partial charge in [-0.15, -0.1) is 0 Å². The zero-order valence-electron chi connectivity index (χ0n) is 12.5. The molecule has 2 amide bonds. The van der Waals surface area contributed by atoms with E-state index in [2.05, 4.69) is 5.32 Å². The molecule has 1 aliphatic rings. The summed E-state index contributed by atoms with van der Waals surface area (Å²) >= 11 is 0. The lowest BCUT2D eigenvalue weighted by Gasteiger charge is -2.52. The number of hydrogen-bond acceptors (Lipinski definition) is 2. The third kappa shape index (κ3) is 2.02. The van der Waals surface area contributed by atoms with Crippen LogP contribution in [0.1, 0.15) is 60.8 Å². The van der Waals surface area contributed by atoms with Gasteiger partial charge in [0.2, 0.25) is 11.8 Å². The van der Waals surface area contributed by atoms with E-state index in [0.29, 0.717) is 12.8 Å². The molecule has 0 spiro atoms. The van der Waals surface area contributed by atoms with Gasteiger partial charge in [-0.05, 0) is 40.0 Å². The van der Waals surface area contributed by atoms with Gasteiger partial charge in [0.1, 0.15) is 11.1 Å². The Kier molecular flexibility index (Phi) is 4.08. The van der Waals surface area contributed by atoms with E-state index in [4.69, 9.17) is 0 Å². The second kappa shape index (κ2) is 4.90. The molecular weight excluding hydrogens is 228 g/mol. The molecule has 1 saturated heterocycles. The van der Waals surface area contributed by atoms with Gasteiger partial charge in [-0.1, -0.05) is 20.8 Å². The molecule has 0 aromatic carbocycles. The van der Waals surface area contributed by atoms with Crippen molar-refractivity contribution >= 4 is 11.8 Å². The molecule has 1 N–H and O–H groups in total. The Morgan fingerprint density at radius 2 is 1.72 bits per heavy atom. The SMILES string of the molecule is CCC(C)N1C(=O)C(C)(CC)NC(=O)C1(C)CC. The Balaban J connectivity index is 3.26. The molecule has 1 heterocycles. The summed E-state index contributed by atoms with van der Waals surface area (Å²) in [4.78, 5) is 26.9. The molecule has 18 heavy (non-hydrogen) atoms. The van der Waals surface area contributed by atoms with Crippen molar-refractivity contribution in [1.29, 1.82) is 0 Å². The number of carbonyl (C=O) groups is 2. The van der Waals surface area contributed by atoms with Crippen LogP contribution in [0.15, 0.2) is 0 Å². The summed E-state index contributed by atoms with van der Waals surface area (Å²) < 4.78 is 0. The molecule has 0 radical (unpaired) electrons. The van der Waals surface area contributed by atoms with Gasteiger partial charge in [-0.25, -0.2) is 0 Å². The lowest BCUT2D eigenvalue weighted by molar-refractivity contribution is -0.165. The molecule has 0 saturated carbocycles. The summed E-state index contributed by atoms with van der Waals surface area (Å²) in [5.41, 5.74) is -1.48. The maximum absolute atomic E-state index is 12.7. The molecular formula is C14H26N2O2. The first-order valence-electron chi connectivity index (χ1n) is 6.93. The Morgan fingerprint density at radius 3 is 2.11 bits per heavy atom. The lowest BCUT2D eigenvalue weighted by Crippen LogP contribution is -2.75. The molecule has 0 aliphatic carbocycles. The van der Waals surface area contributed by atoms with E-state index in [1.165, 1.54) is 0 Å². The standard InChI is InChI=1S/C14H26N2O2/c1-7-10(4)16-12(18)13(5,8-2)15-11(17)14(16,6)9-3/h10H,7-9H2,1-6H3,(H,15,17). The fourth-order valence-electron chi connectivity index (χ4n) is 2.48. The number of rotatable bonds is 4. The number of nitrogens with one attached hydrogen (secondary N) is 1. The van der Waals surface area contributed by atoms with Gasteiger partial charge in [-0.2, -0.15) is 0 Å². The van der Waals surface area contributed by atoms with Gasteiger partial charge in [0.25, 0.3) is 0 Å². The number of piperazine rings is 1. The second-order valence-corrected chi connectivity index (χ2v) is 5.70. The van der Waals surface area contributed by atoms with Crippen molar-refractivity contribution in [2.75, 3.05) is 0 Å². The molecule has 104 valence electrons. The molecule has 3 atom stereocenters. The average molecular weight is 254 g/mol. The third-order valence-electron chi connectivity index (χ3n) is 4.53. The van der Waals surface area contributed by atoms with Crippen molar-refractivity contribution in [3.8, 4) is 0 Å². The third-order valence-corrected chi connectivity index (χ3v) is 4.53. The van der Waals surface area contributed by atoms with Gasteiger partial charge >= 0.3 is 0 Å². The quantitative estimate of drug-likeness (QED) is 0.835. The summed E-state index contributed by atoms with van der Waals surface area (Å²) in [6.07, 6.45) is 2.10. The van der Waals surface area contributed by atoms with E-state index in [1.54, 1.807) is 4.90 Å². The van der Waals surface area contributed by atoms with Gasteiger partial charge in [0.15, 0.2) is 0 Å². The highest BCUT2D eigenvalue weighted by atomic mass is 16.2. The minimum Gasteiger partial charge on any atom is -0.340 e. The number of carbonyl (C=O) groups excluding carboxylic acids is 2. The van der Waals surface area contributed by atoms with Crippen LogP contribution in [0.5, 0.6) is 0 Å². The minimum atomic E-state index is -0.755. The van der Waals surface area contributed by atoms with Crippen LogP contribution in [0.25, 0.3) is 0 Å². The molecule has 0 aromatic heterocycles. The second-order valence-electron chi connectivity index (χ2n) is 5.70. The van der Waals surface area contributed by atoms with Crippen LogP contribution in [-0.4, -0.2) is 33.8 Å². The zero-order chi connectivity index (χ0) is 14.1. The fraction of sp³-hybridized carbons (Fsp3) is 0.857. The Morgan fingerprint density at radius 1 is 1.17 bits per heavy atom. The number of hydrogen-bond donors (Lipinski definition) is 1. The van der Waals surface area contributed by atoms with E-state index in [0.717, 1.165) is 6.42 Å².